The summed E-state index contributed by atoms with van der Waals surface area (Å²) in [6, 6.07) is 6.20. The van der Waals surface area contributed by atoms with Gasteiger partial charge in [-0.05, 0) is 57.4 Å². The zero-order chi connectivity index (χ0) is 19.8. The van der Waals surface area contributed by atoms with Crippen LogP contribution in [0, 0.1) is 0 Å². The molecule has 1 aromatic carbocycles. The van der Waals surface area contributed by atoms with Gasteiger partial charge in [-0.1, -0.05) is 0 Å². The molecule has 0 radical (unpaired) electrons. The van der Waals surface area contributed by atoms with Crippen molar-refractivity contribution in [3.63, 3.8) is 0 Å². The summed E-state index contributed by atoms with van der Waals surface area (Å²) >= 11 is 0. The first-order chi connectivity index (χ1) is 12.9. The molecule has 1 aromatic rings. The van der Waals surface area contributed by atoms with Crippen LogP contribution in [-0.4, -0.2) is 53.1 Å². The lowest BCUT2D eigenvalue weighted by molar-refractivity contribution is -0.137. The lowest BCUT2D eigenvalue weighted by Crippen LogP contribution is -2.49. The van der Waals surface area contributed by atoms with Crippen molar-refractivity contribution in [1.82, 2.24) is 10.2 Å². The normalized spacial score (nSPS) is 16.3. The number of rotatable bonds is 8. The number of hydrogen-bond acceptors (Lipinski definition) is 4. The van der Waals surface area contributed by atoms with Gasteiger partial charge < -0.3 is 25.4 Å². The maximum atomic E-state index is 12.6. The summed E-state index contributed by atoms with van der Waals surface area (Å²) in [4.78, 5) is 36.8. The van der Waals surface area contributed by atoms with Crippen molar-refractivity contribution in [3.05, 3.63) is 24.3 Å². The number of carboxylic acids is 1. The van der Waals surface area contributed by atoms with E-state index < -0.39 is 12.0 Å². The van der Waals surface area contributed by atoms with E-state index >= 15 is 0 Å². The highest BCUT2D eigenvalue weighted by atomic mass is 16.5. The Morgan fingerprint density at radius 2 is 1.96 bits per heavy atom. The molecule has 0 spiro atoms. The van der Waals surface area contributed by atoms with E-state index in [0.29, 0.717) is 37.4 Å². The maximum absolute atomic E-state index is 12.6. The molecular formula is C19H27N3O5. The molecule has 0 saturated carbocycles. The largest absolute Gasteiger partial charge is 0.494 e. The fourth-order valence-corrected chi connectivity index (χ4v) is 2.89. The molecule has 8 nitrogen and oxygen atoms in total. The van der Waals surface area contributed by atoms with Gasteiger partial charge in [0.05, 0.1) is 6.61 Å². The Morgan fingerprint density at radius 1 is 1.26 bits per heavy atom. The number of aliphatic carboxylic acids is 1. The van der Waals surface area contributed by atoms with Crippen molar-refractivity contribution in [2.45, 2.75) is 51.6 Å². The zero-order valence-corrected chi connectivity index (χ0v) is 15.7. The van der Waals surface area contributed by atoms with Crippen molar-refractivity contribution >= 4 is 23.6 Å². The number of likely N-dealkylation sites (tertiary alicyclic amines) is 1. The number of nitrogens with zero attached hydrogens (tertiary/aromatic N) is 1. The van der Waals surface area contributed by atoms with Crippen LogP contribution in [-0.2, 0) is 9.59 Å². The summed E-state index contributed by atoms with van der Waals surface area (Å²) in [5.41, 5.74) is 0.619. The summed E-state index contributed by atoms with van der Waals surface area (Å²) in [5, 5.41) is 14.3. The molecule has 1 saturated heterocycles. The van der Waals surface area contributed by atoms with Crippen LogP contribution in [0.2, 0.25) is 0 Å². The average Bonchev–Trinajstić information content (AvgIpc) is 3.09. The number of benzene rings is 1. The van der Waals surface area contributed by atoms with Gasteiger partial charge in [0, 0.05) is 24.7 Å². The summed E-state index contributed by atoms with van der Waals surface area (Å²) in [6.07, 6.45) is 1.94. The van der Waals surface area contributed by atoms with Crippen LogP contribution in [0.5, 0.6) is 5.75 Å². The molecule has 27 heavy (non-hydrogen) atoms. The first-order valence-electron chi connectivity index (χ1n) is 9.19. The van der Waals surface area contributed by atoms with Crippen molar-refractivity contribution in [1.29, 1.82) is 0 Å². The predicted octanol–water partition coefficient (Wildman–Crippen LogP) is 2.45. The van der Waals surface area contributed by atoms with Crippen molar-refractivity contribution in [3.8, 4) is 5.75 Å². The summed E-state index contributed by atoms with van der Waals surface area (Å²) in [5.74, 6) is -0.446. The quantitative estimate of drug-likeness (QED) is 0.603. The average molecular weight is 377 g/mol. The topological polar surface area (TPSA) is 108 Å². The standard InChI is InChI=1S/C19H27N3O5/c1-13(2)20-19(26)22-11-3-5-16(22)18(25)21-14-7-9-15(10-8-14)27-12-4-6-17(23)24/h7-10,13,16H,3-6,11-12H2,1-2H3,(H,20,26)(H,21,25)(H,23,24)/t16-/m0/s1. The molecule has 0 unspecified atom stereocenters. The van der Waals surface area contributed by atoms with Gasteiger partial charge in [0.2, 0.25) is 5.91 Å². The second kappa shape index (κ2) is 9.80. The van der Waals surface area contributed by atoms with Crippen molar-refractivity contribution in [2.75, 3.05) is 18.5 Å². The number of anilines is 1. The molecular weight excluding hydrogens is 350 g/mol. The highest BCUT2D eigenvalue weighted by Crippen LogP contribution is 2.21. The van der Waals surface area contributed by atoms with Gasteiger partial charge in [-0.15, -0.1) is 0 Å². The van der Waals surface area contributed by atoms with Crippen LogP contribution in [0.15, 0.2) is 24.3 Å². The summed E-state index contributed by atoms with van der Waals surface area (Å²) in [7, 11) is 0. The van der Waals surface area contributed by atoms with E-state index in [0.717, 1.165) is 6.42 Å². The Hall–Kier alpha value is -2.77. The molecule has 1 atom stereocenters. The number of ether oxygens (including phenoxy) is 1. The highest BCUT2D eigenvalue weighted by Gasteiger charge is 2.34. The summed E-state index contributed by atoms with van der Waals surface area (Å²) < 4.78 is 5.46. The SMILES string of the molecule is CC(C)NC(=O)N1CCC[C@H]1C(=O)Nc1ccc(OCCCC(=O)O)cc1. The molecule has 1 aliphatic heterocycles. The van der Waals surface area contributed by atoms with Crippen LogP contribution < -0.4 is 15.4 Å². The molecule has 0 aromatic heterocycles. The smallest absolute Gasteiger partial charge is 0.318 e. The first-order valence-corrected chi connectivity index (χ1v) is 9.19. The summed E-state index contributed by atoms with van der Waals surface area (Å²) in [6.45, 7) is 4.66. The predicted molar refractivity (Wildman–Crippen MR) is 101 cm³/mol. The van der Waals surface area contributed by atoms with Gasteiger partial charge in [0.15, 0.2) is 0 Å². The number of urea groups is 1. The van der Waals surface area contributed by atoms with Crippen LogP contribution in [0.3, 0.4) is 0 Å². The zero-order valence-electron chi connectivity index (χ0n) is 15.7. The van der Waals surface area contributed by atoms with Gasteiger partial charge in [0.25, 0.3) is 0 Å². The fraction of sp³-hybridized carbons (Fsp3) is 0.526. The van der Waals surface area contributed by atoms with E-state index in [1.807, 2.05) is 13.8 Å². The first kappa shape index (κ1) is 20.5. The number of hydrogen-bond donors (Lipinski definition) is 3. The number of nitrogens with one attached hydrogen (secondary N) is 2. The Kier molecular flexibility index (Phi) is 7.45. The van der Waals surface area contributed by atoms with E-state index in [4.69, 9.17) is 9.84 Å². The van der Waals surface area contributed by atoms with E-state index in [2.05, 4.69) is 10.6 Å². The highest BCUT2D eigenvalue weighted by molar-refractivity contribution is 5.97. The van der Waals surface area contributed by atoms with Gasteiger partial charge in [-0.2, -0.15) is 0 Å². The Balaban J connectivity index is 1.85. The van der Waals surface area contributed by atoms with Gasteiger partial charge in [-0.25, -0.2) is 4.79 Å². The second-order valence-electron chi connectivity index (χ2n) is 6.81. The minimum atomic E-state index is -0.848. The second-order valence-corrected chi connectivity index (χ2v) is 6.81. The minimum Gasteiger partial charge on any atom is -0.494 e. The number of amides is 3. The third-order valence-corrected chi connectivity index (χ3v) is 4.15. The monoisotopic (exact) mass is 377 g/mol. The third-order valence-electron chi connectivity index (χ3n) is 4.15. The lowest BCUT2D eigenvalue weighted by atomic mass is 10.2. The number of carboxylic acid groups (broad SMARTS) is 1. The number of carbonyl (C=O) groups is 3. The minimum absolute atomic E-state index is 0.0184. The fourth-order valence-electron chi connectivity index (χ4n) is 2.89. The van der Waals surface area contributed by atoms with Crippen molar-refractivity contribution in [2.24, 2.45) is 0 Å². The van der Waals surface area contributed by atoms with Gasteiger partial charge in [0.1, 0.15) is 11.8 Å². The molecule has 0 bridgehead atoms. The molecule has 3 N–H and O–H groups in total. The Bertz CT molecular complexity index is 660. The molecule has 148 valence electrons. The molecule has 2 rings (SSSR count). The van der Waals surface area contributed by atoms with Gasteiger partial charge in [-0.3, -0.25) is 9.59 Å². The van der Waals surface area contributed by atoms with E-state index in [-0.39, 0.29) is 24.4 Å². The van der Waals surface area contributed by atoms with Gasteiger partial charge >= 0.3 is 12.0 Å². The molecule has 1 heterocycles. The maximum Gasteiger partial charge on any atom is 0.318 e. The lowest BCUT2D eigenvalue weighted by Gasteiger charge is -2.25. The molecule has 3 amide bonds. The van der Waals surface area contributed by atoms with E-state index in [1.54, 1.807) is 29.2 Å². The van der Waals surface area contributed by atoms with Crippen LogP contribution in [0.1, 0.15) is 39.5 Å². The third kappa shape index (κ3) is 6.47. The van der Waals surface area contributed by atoms with E-state index in [1.165, 1.54) is 0 Å². The van der Waals surface area contributed by atoms with Crippen molar-refractivity contribution < 1.29 is 24.2 Å². The van der Waals surface area contributed by atoms with Crippen LogP contribution >= 0.6 is 0 Å². The molecule has 1 aliphatic rings. The Labute approximate surface area is 158 Å². The number of carbonyl (C=O) groups excluding carboxylic acids is 2. The molecule has 0 aliphatic carbocycles. The molecule has 8 heteroatoms. The van der Waals surface area contributed by atoms with Crippen LogP contribution in [0.4, 0.5) is 10.5 Å². The van der Waals surface area contributed by atoms with Crippen LogP contribution in [0.25, 0.3) is 0 Å². The Morgan fingerprint density at radius 3 is 2.59 bits per heavy atom. The van der Waals surface area contributed by atoms with E-state index in [9.17, 15) is 14.4 Å². The molecule has 1 fully saturated rings.